The van der Waals surface area contributed by atoms with E-state index in [1.807, 2.05) is 0 Å². The maximum Gasteiger partial charge on any atom is 0.428 e. The number of carbonyl (C=O) groups excluding carboxylic acids is 2. The molecule has 1 fully saturated rings. The van der Waals surface area contributed by atoms with Crippen molar-refractivity contribution in [1.29, 1.82) is 0 Å². The summed E-state index contributed by atoms with van der Waals surface area (Å²) < 4.78 is 66.7. The van der Waals surface area contributed by atoms with Gasteiger partial charge in [-0.1, -0.05) is 13.8 Å². The van der Waals surface area contributed by atoms with Crippen molar-refractivity contribution in [1.82, 2.24) is 14.1 Å². The van der Waals surface area contributed by atoms with E-state index in [1.165, 1.54) is 62.8 Å². The number of amides is 2. The third-order valence-corrected chi connectivity index (χ3v) is 9.16. The first-order chi connectivity index (χ1) is 17.2. The van der Waals surface area contributed by atoms with Crippen LogP contribution in [-0.2, 0) is 29.7 Å². The number of nitrogens with one attached hydrogen (secondary N) is 1. The second-order valence-corrected chi connectivity index (χ2v) is 12.7. The summed E-state index contributed by atoms with van der Waals surface area (Å²) in [5.41, 5.74) is 5.75. The van der Waals surface area contributed by atoms with Gasteiger partial charge in [0.25, 0.3) is 5.91 Å². The van der Waals surface area contributed by atoms with Crippen molar-refractivity contribution in [2.45, 2.75) is 29.8 Å². The molecule has 0 atom stereocenters. The minimum atomic E-state index is -4.46. The summed E-state index contributed by atoms with van der Waals surface area (Å²) in [6.45, 7) is 2.86. The largest absolute Gasteiger partial charge is 0.497 e. The summed E-state index contributed by atoms with van der Waals surface area (Å²) in [7, 11) is -6.09. The molecule has 202 valence electrons. The molecule has 2 amide bonds. The van der Waals surface area contributed by atoms with E-state index in [0.717, 1.165) is 8.61 Å². The molecule has 0 aliphatic carbocycles. The summed E-state index contributed by atoms with van der Waals surface area (Å²) in [6.07, 6.45) is -3.33. The van der Waals surface area contributed by atoms with Gasteiger partial charge in [-0.3, -0.25) is 4.79 Å². The molecule has 0 saturated carbocycles. The van der Waals surface area contributed by atoms with E-state index >= 15 is 0 Å². The zero-order chi connectivity index (χ0) is 27.6. The minimum Gasteiger partial charge on any atom is -0.497 e. The zero-order valence-corrected chi connectivity index (χ0v) is 22.2. The maximum atomic E-state index is 13.8. The molecular formula is C22H28N4O9S2. The van der Waals surface area contributed by atoms with Crippen LogP contribution in [0.25, 0.3) is 0 Å². The first kappa shape index (κ1) is 28.2. The number of sulfonamides is 2. The van der Waals surface area contributed by atoms with Crippen LogP contribution in [0.3, 0.4) is 0 Å². The summed E-state index contributed by atoms with van der Waals surface area (Å²) in [4.78, 5) is 28.3. The van der Waals surface area contributed by atoms with Crippen LogP contribution in [-0.4, -0.2) is 70.9 Å². The van der Waals surface area contributed by atoms with E-state index < -0.39 is 43.6 Å². The van der Waals surface area contributed by atoms with Gasteiger partial charge < -0.3 is 20.0 Å². The number of primary amides is 1. The Hall–Kier alpha value is -3.40. The molecule has 0 radical (unpaired) electrons. The van der Waals surface area contributed by atoms with Crippen LogP contribution >= 0.6 is 0 Å². The van der Waals surface area contributed by atoms with Crippen LogP contribution in [0.5, 0.6) is 11.5 Å². The Bertz CT molecular complexity index is 1270. The Labute approximate surface area is 215 Å². The maximum absolute atomic E-state index is 13.8. The highest BCUT2D eigenvalue weighted by atomic mass is 32.2. The van der Waals surface area contributed by atoms with Gasteiger partial charge in [0.1, 0.15) is 11.5 Å². The highest BCUT2D eigenvalue weighted by Crippen LogP contribution is 2.36. The molecule has 1 heterocycles. The fourth-order valence-corrected chi connectivity index (χ4v) is 7.37. The lowest BCUT2D eigenvalue weighted by Crippen LogP contribution is -2.67. The van der Waals surface area contributed by atoms with Crippen LogP contribution in [0.15, 0.2) is 58.3 Å². The normalized spacial score (nSPS) is 17.1. The van der Waals surface area contributed by atoms with Gasteiger partial charge in [-0.05, 0) is 53.9 Å². The molecule has 2 aromatic rings. The van der Waals surface area contributed by atoms with Gasteiger partial charge in [0.15, 0.2) is 6.17 Å². The van der Waals surface area contributed by atoms with Gasteiger partial charge in [-0.25, -0.2) is 21.6 Å². The van der Waals surface area contributed by atoms with Crippen LogP contribution < -0.4 is 20.7 Å². The van der Waals surface area contributed by atoms with Crippen LogP contribution in [0, 0.1) is 5.41 Å². The van der Waals surface area contributed by atoms with E-state index in [9.17, 15) is 26.4 Å². The molecule has 15 heteroatoms. The molecule has 37 heavy (non-hydrogen) atoms. The summed E-state index contributed by atoms with van der Waals surface area (Å²) in [6, 6.07) is 10.7. The highest BCUT2D eigenvalue weighted by molar-refractivity contribution is 7.90. The smallest absolute Gasteiger partial charge is 0.428 e. The van der Waals surface area contributed by atoms with Crippen molar-refractivity contribution in [3.8, 4) is 11.5 Å². The van der Waals surface area contributed by atoms with Crippen molar-refractivity contribution in [2.24, 2.45) is 11.1 Å². The molecule has 0 aromatic heterocycles. The summed E-state index contributed by atoms with van der Waals surface area (Å²) in [5, 5.41) is 0. The molecular weight excluding hydrogens is 528 g/mol. The van der Waals surface area contributed by atoms with E-state index in [2.05, 4.69) is 4.84 Å². The van der Waals surface area contributed by atoms with Gasteiger partial charge in [0.05, 0.1) is 24.0 Å². The third kappa shape index (κ3) is 5.95. The Balaban J connectivity index is 2.16. The Morgan fingerprint density at radius 1 is 0.838 bits per heavy atom. The first-order valence-corrected chi connectivity index (χ1v) is 13.7. The Morgan fingerprint density at radius 3 is 1.54 bits per heavy atom. The van der Waals surface area contributed by atoms with Gasteiger partial charge in [0, 0.05) is 13.1 Å². The molecule has 13 nitrogen and oxygen atoms in total. The number of nitrogens with zero attached hydrogens (tertiary/aromatic N) is 2. The van der Waals surface area contributed by atoms with Crippen molar-refractivity contribution >= 4 is 32.0 Å². The van der Waals surface area contributed by atoms with Crippen molar-refractivity contribution in [3.05, 3.63) is 48.5 Å². The lowest BCUT2D eigenvalue weighted by Gasteiger charge is -2.47. The monoisotopic (exact) mass is 556 g/mol. The molecule has 3 rings (SSSR count). The predicted molar refractivity (Wildman–Crippen MR) is 130 cm³/mol. The number of carbonyl (C=O) groups is 2. The van der Waals surface area contributed by atoms with E-state index in [1.54, 1.807) is 19.3 Å². The second kappa shape index (κ2) is 10.5. The molecule has 0 bridgehead atoms. The van der Waals surface area contributed by atoms with Gasteiger partial charge in [0.2, 0.25) is 20.0 Å². The number of ether oxygens (including phenoxy) is 2. The molecule has 0 spiro atoms. The lowest BCUT2D eigenvalue weighted by atomic mass is 9.91. The SMILES string of the molecule is COc1ccc(S(=O)(=O)N2CC(C)(C)CN(S(=O)(=O)c3ccc(OC)cc3)C2C(=O)NOC(N)=O)cc1. The number of hydrogen-bond donors (Lipinski definition) is 2. The number of hydrogen-bond acceptors (Lipinski definition) is 9. The molecule has 2 aromatic carbocycles. The van der Waals surface area contributed by atoms with E-state index in [0.29, 0.717) is 11.5 Å². The molecule has 1 aliphatic rings. The number of benzene rings is 2. The Morgan fingerprint density at radius 2 is 1.22 bits per heavy atom. The van der Waals surface area contributed by atoms with Gasteiger partial charge in [-0.2, -0.15) is 14.1 Å². The molecule has 1 aliphatic heterocycles. The first-order valence-electron chi connectivity index (χ1n) is 10.8. The average Bonchev–Trinajstić information content (AvgIpc) is 2.86. The molecule has 0 unspecified atom stereocenters. The van der Waals surface area contributed by atoms with Crippen LogP contribution in [0.1, 0.15) is 13.8 Å². The van der Waals surface area contributed by atoms with E-state index in [-0.39, 0.29) is 22.9 Å². The van der Waals surface area contributed by atoms with Crippen LogP contribution in [0.2, 0.25) is 0 Å². The number of nitrogens with two attached hydrogens (primary N) is 1. The fraction of sp³-hybridized carbons (Fsp3) is 0.364. The van der Waals surface area contributed by atoms with E-state index in [4.69, 9.17) is 15.2 Å². The summed E-state index contributed by atoms with van der Waals surface area (Å²) in [5.74, 6) is -0.444. The topological polar surface area (TPSA) is 175 Å². The molecule has 3 N–H and O–H groups in total. The average molecular weight is 557 g/mol. The zero-order valence-electron chi connectivity index (χ0n) is 20.6. The van der Waals surface area contributed by atoms with Gasteiger partial charge >= 0.3 is 6.09 Å². The standard InChI is InChI=1S/C22H28N4O9S2/c1-22(2)13-25(36(29,30)17-9-5-15(33-3)6-10-17)20(19(27)24-35-21(23)28)26(14-22)37(31,32)18-11-7-16(34-4)8-12-18/h5-12,20H,13-14H2,1-4H3,(H2,23,28)(H,24,27). The quantitative estimate of drug-likeness (QED) is 0.469. The number of methoxy groups -OCH3 is 2. The highest BCUT2D eigenvalue weighted by Gasteiger charge is 2.52. The number of hydroxylamine groups is 1. The van der Waals surface area contributed by atoms with Gasteiger partial charge in [-0.15, -0.1) is 0 Å². The Kier molecular flexibility index (Phi) is 8.02. The molecule has 1 saturated heterocycles. The number of rotatable bonds is 7. The van der Waals surface area contributed by atoms with Crippen molar-refractivity contribution in [3.63, 3.8) is 0 Å². The fourth-order valence-electron chi connectivity index (χ4n) is 3.82. The van der Waals surface area contributed by atoms with Crippen LogP contribution in [0.4, 0.5) is 4.79 Å². The third-order valence-electron chi connectivity index (χ3n) is 5.53. The van der Waals surface area contributed by atoms with Crippen molar-refractivity contribution < 1.29 is 40.7 Å². The predicted octanol–water partition coefficient (Wildman–Crippen LogP) is 0.878. The lowest BCUT2D eigenvalue weighted by molar-refractivity contribution is -0.140. The summed E-state index contributed by atoms with van der Waals surface area (Å²) >= 11 is 0. The second-order valence-electron chi connectivity index (χ2n) is 8.88. The minimum absolute atomic E-state index is 0.207. The van der Waals surface area contributed by atoms with Crippen molar-refractivity contribution in [2.75, 3.05) is 27.3 Å².